The summed E-state index contributed by atoms with van der Waals surface area (Å²) in [5.74, 6) is 2.75. The fraction of sp³-hybridized carbons (Fsp3) is 0.250. The monoisotopic (exact) mass is 540 g/mol. The molecule has 1 amide bonds. The highest BCUT2D eigenvalue weighted by Gasteiger charge is 2.21. The summed E-state index contributed by atoms with van der Waals surface area (Å²) in [6.07, 6.45) is 4.52. The van der Waals surface area contributed by atoms with E-state index in [4.69, 9.17) is 10.3 Å². The minimum absolute atomic E-state index is 0.0371. The van der Waals surface area contributed by atoms with Crippen molar-refractivity contribution in [2.75, 3.05) is 55.8 Å². The molecular formula is C28H32N10O2. The second kappa shape index (κ2) is 13.1. The highest BCUT2D eigenvalue weighted by molar-refractivity contribution is 5.87. The predicted octanol–water partition coefficient (Wildman–Crippen LogP) is 4.79. The molecule has 4 aromatic rings. The van der Waals surface area contributed by atoms with Gasteiger partial charge in [-0.25, -0.2) is 25.5 Å². The number of fused-ring (bicyclic) bond motifs is 1. The lowest BCUT2D eigenvalue weighted by molar-refractivity contribution is -0.126. The molecule has 1 aliphatic rings. The number of aromatic nitrogens is 4. The molecule has 1 aliphatic heterocycles. The van der Waals surface area contributed by atoms with Gasteiger partial charge in [0.15, 0.2) is 5.82 Å². The average Bonchev–Trinajstić information content (AvgIpc) is 3.01. The van der Waals surface area contributed by atoms with Gasteiger partial charge in [-0.15, -0.1) is 0 Å². The lowest BCUT2D eigenvalue weighted by atomic mass is 10.2. The van der Waals surface area contributed by atoms with E-state index < -0.39 is 0 Å². The zero-order chi connectivity index (χ0) is 28.5. The molecule has 0 spiro atoms. The highest BCUT2D eigenvalue weighted by atomic mass is 16.5. The molecule has 2 aromatic carbocycles. The molecule has 2 aromatic heterocycles. The van der Waals surface area contributed by atoms with Crippen molar-refractivity contribution in [2.24, 2.45) is 5.11 Å². The maximum absolute atomic E-state index is 11.6. The van der Waals surface area contributed by atoms with E-state index >= 15 is 0 Å². The van der Waals surface area contributed by atoms with Gasteiger partial charge in [-0.2, -0.15) is 5.11 Å². The fourth-order valence-corrected chi connectivity index (χ4v) is 4.11. The third-order valence-electron chi connectivity index (χ3n) is 6.33. The Kier molecular flexibility index (Phi) is 9.13. The van der Waals surface area contributed by atoms with Crippen LogP contribution >= 0.6 is 0 Å². The molecule has 3 N–H and O–H groups in total. The summed E-state index contributed by atoms with van der Waals surface area (Å²) in [5.41, 5.74) is 11.0. The van der Waals surface area contributed by atoms with Crippen LogP contribution in [0.4, 0.5) is 23.1 Å². The molecule has 1 saturated heterocycles. The molecule has 12 heteroatoms. The first-order valence-corrected chi connectivity index (χ1v) is 12.7. The lowest BCUT2D eigenvalue weighted by Gasteiger charge is -2.34. The van der Waals surface area contributed by atoms with Crippen LogP contribution in [0.2, 0.25) is 0 Å². The number of para-hydroxylation sites is 1. The van der Waals surface area contributed by atoms with E-state index in [9.17, 15) is 4.79 Å². The van der Waals surface area contributed by atoms with Crippen molar-refractivity contribution in [1.29, 1.82) is 5.53 Å². The summed E-state index contributed by atoms with van der Waals surface area (Å²) in [6.45, 7) is 8.16. The molecule has 3 heterocycles. The van der Waals surface area contributed by atoms with E-state index in [0.717, 1.165) is 17.0 Å². The number of aryl methyl sites for hydroxylation is 1. The molecule has 40 heavy (non-hydrogen) atoms. The lowest BCUT2D eigenvalue weighted by Crippen LogP contribution is -2.48. The van der Waals surface area contributed by atoms with Crippen LogP contribution in [0.3, 0.4) is 0 Å². The van der Waals surface area contributed by atoms with E-state index in [0.29, 0.717) is 60.4 Å². The molecule has 1 fully saturated rings. The van der Waals surface area contributed by atoms with Gasteiger partial charge in [-0.3, -0.25) is 4.79 Å². The van der Waals surface area contributed by atoms with Crippen molar-refractivity contribution in [2.45, 2.75) is 6.92 Å². The summed E-state index contributed by atoms with van der Waals surface area (Å²) in [6, 6.07) is 13.3. The first kappa shape index (κ1) is 27.9. The number of piperazine rings is 1. The molecule has 0 aliphatic carbocycles. The smallest absolute Gasteiger partial charge is 0.246 e. The fourth-order valence-electron chi connectivity index (χ4n) is 4.11. The van der Waals surface area contributed by atoms with Crippen LogP contribution in [0.25, 0.3) is 11.0 Å². The van der Waals surface area contributed by atoms with Gasteiger partial charge in [-0.1, -0.05) is 24.8 Å². The summed E-state index contributed by atoms with van der Waals surface area (Å²) >= 11 is 0. The van der Waals surface area contributed by atoms with E-state index in [1.54, 1.807) is 31.3 Å². The van der Waals surface area contributed by atoms with Gasteiger partial charge in [0.2, 0.25) is 11.9 Å². The topological polar surface area (TPSA) is 145 Å². The molecule has 5 rings (SSSR count). The molecule has 0 unspecified atom stereocenters. The van der Waals surface area contributed by atoms with E-state index in [-0.39, 0.29) is 5.91 Å². The van der Waals surface area contributed by atoms with Crippen LogP contribution in [0, 0.1) is 12.5 Å². The number of amides is 1. The molecule has 0 radical (unpaired) electrons. The van der Waals surface area contributed by atoms with Crippen molar-refractivity contribution in [3.05, 3.63) is 73.2 Å². The number of nitrogens with zero attached hydrogens (tertiary/aromatic N) is 7. The molecular weight excluding hydrogens is 508 g/mol. The Balaban J connectivity index is 0.000000189. The SMILES string of the molecule is C=CC(=O)N1CCN(c2ncc3ncnc(NC)c3n2)CC1.CNc1ccc(Oc2ccccc2C)cc1N=N. The Morgan fingerprint density at radius 1 is 1.07 bits per heavy atom. The predicted molar refractivity (Wildman–Crippen MR) is 156 cm³/mol. The molecule has 0 bridgehead atoms. The number of ether oxygens (including phenoxy) is 1. The first-order chi connectivity index (χ1) is 19.5. The summed E-state index contributed by atoms with van der Waals surface area (Å²) in [4.78, 5) is 32.7. The van der Waals surface area contributed by atoms with Crippen LogP contribution in [0.5, 0.6) is 11.5 Å². The normalized spacial score (nSPS) is 12.7. The Morgan fingerprint density at radius 3 is 2.52 bits per heavy atom. The number of carbonyl (C=O) groups excluding carboxylic acids is 1. The van der Waals surface area contributed by atoms with Crippen LogP contribution in [0.1, 0.15) is 5.56 Å². The van der Waals surface area contributed by atoms with Gasteiger partial charge < -0.3 is 25.2 Å². The second-order valence-corrected chi connectivity index (χ2v) is 8.80. The summed E-state index contributed by atoms with van der Waals surface area (Å²) < 4.78 is 5.78. The highest BCUT2D eigenvalue weighted by Crippen LogP contribution is 2.32. The number of hydrogen-bond donors (Lipinski definition) is 3. The third kappa shape index (κ3) is 6.46. The van der Waals surface area contributed by atoms with E-state index in [1.165, 1.54) is 12.4 Å². The van der Waals surface area contributed by atoms with Crippen molar-refractivity contribution in [1.82, 2.24) is 24.8 Å². The quantitative estimate of drug-likeness (QED) is 0.223. The number of benzene rings is 2. The second-order valence-electron chi connectivity index (χ2n) is 8.80. The summed E-state index contributed by atoms with van der Waals surface area (Å²) in [7, 11) is 3.59. The van der Waals surface area contributed by atoms with Crippen LogP contribution < -0.4 is 20.3 Å². The minimum atomic E-state index is -0.0371. The van der Waals surface area contributed by atoms with Gasteiger partial charge in [0.1, 0.15) is 34.5 Å². The number of anilines is 3. The summed E-state index contributed by atoms with van der Waals surface area (Å²) in [5, 5.41) is 9.46. The van der Waals surface area contributed by atoms with E-state index in [2.05, 4.69) is 47.2 Å². The van der Waals surface area contributed by atoms with Crippen molar-refractivity contribution in [3.63, 3.8) is 0 Å². The molecule has 0 atom stereocenters. The van der Waals surface area contributed by atoms with E-state index in [1.807, 2.05) is 43.3 Å². The van der Waals surface area contributed by atoms with Gasteiger partial charge in [-0.05, 0) is 36.8 Å². The van der Waals surface area contributed by atoms with Gasteiger partial charge in [0.25, 0.3) is 0 Å². The zero-order valence-corrected chi connectivity index (χ0v) is 22.8. The standard InChI is InChI=1S/C14H17N7O.C14H15N3O/c1-3-11(22)20-4-6-21(7-5-20)14-16-8-10-12(19-14)13(15-2)18-9-17-10;1-10-5-3-4-6-14(10)18-11-7-8-12(16-2)13(9-11)17-15/h3,8-9H,1,4-7H2,2H3,(H,15,17,18);3-9,15-16H,1-2H3. The Labute approximate surface area is 232 Å². The molecule has 206 valence electrons. The number of hydrogen-bond acceptors (Lipinski definition) is 11. The zero-order valence-electron chi connectivity index (χ0n) is 22.8. The minimum Gasteiger partial charge on any atom is -0.457 e. The molecule has 0 saturated carbocycles. The van der Waals surface area contributed by atoms with Crippen LogP contribution in [0.15, 0.2) is 72.8 Å². The van der Waals surface area contributed by atoms with Crippen LogP contribution in [-0.4, -0.2) is 71.0 Å². The number of nitrogens with one attached hydrogen (secondary N) is 3. The van der Waals surface area contributed by atoms with Crippen molar-refractivity contribution >= 4 is 40.1 Å². The average molecular weight is 541 g/mol. The largest absolute Gasteiger partial charge is 0.457 e. The van der Waals surface area contributed by atoms with Crippen molar-refractivity contribution in [3.8, 4) is 11.5 Å². The van der Waals surface area contributed by atoms with Gasteiger partial charge >= 0.3 is 0 Å². The molecule has 12 nitrogen and oxygen atoms in total. The number of rotatable bonds is 7. The Hall–Kier alpha value is -5.13. The van der Waals surface area contributed by atoms with Gasteiger partial charge in [0, 0.05) is 46.3 Å². The van der Waals surface area contributed by atoms with Crippen LogP contribution in [-0.2, 0) is 4.79 Å². The van der Waals surface area contributed by atoms with Crippen molar-refractivity contribution < 1.29 is 9.53 Å². The van der Waals surface area contributed by atoms with Gasteiger partial charge in [0.05, 0.1) is 11.9 Å². The maximum atomic E-state index is 11.6. The first-order valence-electron chi connectivity index (χ1n) is 12.7. The third-order valence-corrected chi connectivity index (χ3v) is 6.33. The number of carbonyl (C=O) groups is 1. The Morgan fingerprint density at radius 2 is 1.85 bits per heavy atom. The maximum Gasteiger partial charge on any atom is 0.246 e. The Bertz CT molecular complexity index is 1500.